The Labute approximate surface area is 209 Å². The van der Waals surface area contributed by atoms with Crippen molar-refractivity contribution >= 4 is 29.2 Å². The van der Waals surface area contributed by atoms with Gasteiger partial charge in [-0.3, -0.25) is 9.59 Å². The Morgan fingerprint density at radius 1 is 0.973 bits per heavy atom. The summed E-state index contributed by atoms with van der Waals surface area (Å²) in [5.74, 6) is -2.12. The topological polar surface area (TPSA) is 95.5 Å². The molecule has 192 valence electrons. The number of aliphatic carboxylic acids is 1. The third-order valence-corrected chi connectivity index (χ3v) is 6.21. The summed E-state index contributed by atoms with van der Waals surface area (Å²) in [4.78, 5) is 35.8. The molecular formula is C27H22F4N2O4. The van der Waals surface area contributed by atoms with Gasteiger partial charge in [-0.05, 0) is 66.3 Å². The van der Waals surface area contributed by atoms with E-state index < -0.39 is 29.6 Å². The van der Waals surface area contributed by atoms with Gasteiger partial charge < -0.3 is 15.7 Å². The average Bonchev–Trinajstić information content (AvgIpc) is 2.84. The van der Waals surface area contributed by atoms with Crippen molar-refractivity contribution in [3.63, 3.8) is 0 Å². The molecular weight excluding hydrogens is 492 g/mol. The molecule has 0 saturated carbocycles. The molecule has 0 bridgehead atoms. The lowest BCUT2D eigenvalue weighted by Crippen LogP contribution is -2.23. The Kier molecular flexibility index (Phi) is 7.28. The van der Waals surface area contributed by atoms with Gasteiger partial charge in [-0.1, -0.05) is 30.3 Å². The number of carbonyl (C=O) groups excluding carboxylic acids is 2. The quantitative estimate of drug-likeness (QED) is 0.317. The number of hydrogen-bond acceptors (Lipinski definition) is 3. The highest BCUT2D eigenvalue weighted by Crippen LogP contribution is 2.33. The molecule has 1 unspecified atom stereocenters. The molecule has 1 aliphatic rings. The van der Waals surface area contributed by atoms with Gasteiger partial charge in [-0.2, -0.15) is 13.2 Å². The fourth-order valence-electron chi connectivity index (χ4n) is 4.33. The van der Waals surface area contributed by atoms with Gasteiger partial charge in [0.05, 0.1) is 11.3 Å². The van der Waals surface area contributed by atoms with Crippen molar-refractivity contribution in [3.8, 4) is 11.1 Å². The van der Waals surface area contributed by atoms with Gasteiger partial charge >= 0.3 is 18.2 Å². The minimum absolute atomic E-state index is 0.0680. The second kappa shape index (κ2) is 10.4. The first-order valence-electron chi connectivity index (χ1n) is 11.5. The van der Waals surface area contributed by atoms with E-state index in [9.17, 15) is 31.9 Å². The maximum Gasteiger partial charge on any atom is 0.416 e. The number of ketones is 1. The van der Waals surface area contributed by atoms with Crippen molar-refractivity contribution in [1.82, 2.24) is 0 Å². The van der Waals surface area contributed by atoms with Crippen molar-refractivity contribution < 1.29 is 37.1 Å². The van der Waals surface area contributed by atoms with Gasteiger partial charge in [0.1, 0.15) is 5.82 Å². The first-order valence-corrected chi connectivity index (χ1v) is 11.5. The van der Waals surface area contributed by atoms with E-state index in [0.717, 1.165) is 23.8 Å². The zero-order valence-corrected chi connectivity index (χ0v) is 19.4. The molecule has 3 N–H and O–H groups in total. The highest BCUT2D eigenvalue weighted by molar-refractivity contribution is 6.01. The molecule has 3 aromatic rings. The number of rotatable bonds is 6. The lowest BCUT2D eigenvalue weighted by molar-refractivity contribution is -0.138. The van der Waals surface area contributed by atoms with Crippen LogP contribution in [0.4, 0.5) is 33.7 Å². The van der Waals surface area contributed by atoms with E-state index in [1.54, 1.807) is 24.3 Å². The van der Waals surface area contributed by atoms with Gasteiger partial charge in [-0.15, -0.1) is 0 Å². The number of alkyl halides is 3. The largest absolute Gasteiger partial charge is 0.481 e. The maximum absolute atomic E-state index is 14.8. The van der Waals surface area contributed by atoms with Crippen LogP contribution in [-0.4, -0.2) is 22.9 Å². The maximum atomic E-state index is 14.8. The summed E-state index contributed by atoms with van der Waals surface area (Å²) >= 11 is 0. The number of hydrogen-bond donors (Lipinski definition) is 3. The summed E-state index contributed by atoms with van der Waals surface area (Å²) in [6.45, 7) is 0. The predicted octanol–water partition coefficient (Wildman–Crippen LogP) is 6.77. The van der Waals surface area contributed by atoms with Gasteiger partial charge in [0.25, 0.3) is 0 Å². The Bertz CT molecular complexity index is 1370. The van der Waals surface area contributed by atoms with Gasteiger partial charge in [0.15, 0.2) is 5.78 Å². The van der Waals surface area contributed by atoms with E-state index in [0.29, 0.717) is 29.5 Å². The predicted molar refractivity (Wildman–Crippen MR) is 129 cm³/mol. The van der Waals surface area contributed by atoms with Crippen LogP contribution < -0.4 is 10.6 Å². The summed E-state index contributed by atoms with van der Waals surface area (Å²) in [7, 11) is 0. The molecule has 0 aromatic heterocycles. The molecule has 0 saturated heterocycles. The van der Waals surface area contributed by atoms with Crippen molar-refractivity contribution in [2.45, 2.75) is 31.9 Å². The molecule has 0 fully saturated rings. The number of carboxylic acid groups (broad SMARTS) is 1. The van der Waals surface area contributed by atoms with Crippen LogP contribution in [0.5, 0.6) is 0 Å². The summed E-state index contributed by atoms with van der Waals surface area (Å²) in [5, 5.41) is 13.4. The van der Waals surface area contributed by atoms with Gasteiger partial charge in [-0.25, -0.2) is 9.18 Å². The van der Waals surface area contributed by atoms with Crippen molar-refractivity contribution in [1.29, 1.82) is 0 Å². The number of nitrogens with one attached hydrogen (secondary N) is 2. The van der Waals surface area contributed by atoms with Crippen LogP contribution in [0, 0.1) is 11.7 Å². The van der Waals surface area contributed by atoms with E-state index in [4.69, 9.17) is 5.11 Å². The molecule has 37 heavy (non-hydrogen) atoms. The fourth-order valence-corrected chi connectivity index (χ4v) is 4.33. The molecule has 3 aromatic carbocycles. The smallest absolute Gasteiger partial charge is 0.416 e. The number of carbonyl (C=O) groups is 3. The van der Waals surface area contributed by atoms with Crippen LogP contribution in [0.3, 0.4) is 0 Å². The Hall–Kier alpha value is -4.21. The number of halogens is 4. The van der Waals surface area contributed by atoms with E-state index in [-0.39, 0.29) is 35.9 Å². The van der Waals surface area contributed by atoms with Gasteiger partial charge in [0.2, 0.25) is 0 Å². The van der Waals surface area contributed by atoms with Gasteiger partial charge in [0, 0.05) is 23.6 Å². The second-order valence-corrected chi connectivity index (χ2v) is 8.76. The highest BCUT2D eigenvalue weighted by atomic mass is 19.4. The third kappa shape index (κ3) is 6.14. The lowest BCUT2D eigenvalue weighted by Gasteiger charge is -2.23. The van der Waals surface area contributed by atoms with Crippen LogP contribution >= 0.6 is 0 Å². The molecule has 6 nitrogen and oxygen atoms in total. The number of aryl methyl sites for hydroxylation is 1. The summed E-state index contributed by atoms with van der Waals surface area (Å²) < 4.78 is 53.3. The highest BCUT2D eigenvalue weighted by Gasteiger charge is 2.30. The molecule has 0 radical (unpaired) electrons. The molecule has 2 amide bonds. The number of anilines is 2. The normalized spacial score (nSPS) is 15.1. The van der Waals surface area contributed by atoms with Crippen LogP contribution in [0.2, 0.25) is 0 Å². The minimum Gasteiger partial charge on any atom is -0.481 e. The first kappa shape index (κ1) is 25.9. The zero-order valence-electron chi connectivity index (χ0n) is 19.4. The summed E-state index contributed by atoms with van der Waals surface area (Å²) in [6, 6.07) is 12.4. The molecule has 10 heteroatoms. The number of urea groups is 1. The summed E-state index contributed by atoms with van der Waals surface area (Å²) in [5.41, 5.74) is 1.32. The number of Topliss-reactive ketones (excluding diaryl/α,β-unsaturated/α-hetero) is 1. The SMILES string of the molecule is O=C(O)CCC1CCc2cc(-c3ccc(NC(=O)Nc4cccc(C(F)(F)F)c4)c(F)c3)ccc2C1=O. The van der Waals surface area contributed by atoms with E-state index >= 15 is 0 Å². The van der Waals surface area contributed by atoms with Crippen molar-refractivity contribution in [2.24, 2.45) is 5.92 Å². The summed E-state index contributed by atoms with van der Waals surface area (Å²) in [6.07, 6.45) is -3.21. The third-order valence-electron chi connectivity index (χ3n) is 6.21. The number of fused-ring (bicyclic) bond motifs is 1. The Morgan fingerprint density at radius 3 is 2.41 bits per heavy atom. The van der Waals surface area contributed by atoms with E-state index in [1.165, 1.54) is 18.2 Å². The molecule has 1 aliphatic carbocycles. The number of amides is 2. The Balaban J connectivity index is 1.45. The molecule has 1 atom stereocenters. The molecule has 0 heterocycles. The standard InChI is InChI=1S/C27H22F4N2O4/c28-22-13-17(16-6-9-21-18(12-16)5-4-15(25(21)36)8-11-24(34)35)7-10-23(22)33-26(37)32-20-3-1-2-19(14-20)27(29,30)31/h1-3,6-7,9-10,12-15H,4-5,8,11H2,(H,34,35)(H2,32,33,37). The average molecular weight is 514 g/mol. The molecule has 4 rings (SSSR count). The van der Waals surface area contributed by atoms with Crippen molar-refractivity contribution in [2.75, 3.05) is 10.6 Å². The zero-order chi connectivity index (χ0) is 26.7. The van der Waals surface area contributed by atoms with Crippen LogP contribution in [0.15, 0.2) is 60.7 Å². The first-order chi connectivity index (χ1) is 17.5. The Morgan fingerprint density at radius 2 is 1.70 bits per heavy atom. The van der Waals surface area contributed by atoms with E-state index in [2.05, 4.69) is 10.6 Å². The van der Waals surface area contributed by atoms with Crippen LogP contribution in [0.1, 0.15) is 40.7 Å². The van der Waals surface area contributed by atoms with Crippen LogP contribution in [-0.2, 0) is 17.4 Å². The number of benzene rings is 3. The van der Waals surface area contributed by atoms with Crippen molar-refractivity contribution in [3.05, 3.63) is 83.2 Å². The second-order valence-electron chi connectivity index (χ2n) is 8.76. The lowest BCUT2D eigenvalue weighted by atomic mass is 9.79. The minimum atomic E-state index is -4.57. The number of carboxylic acids is 1. The monoisotopic (exact) mass is 514 g/mol. The van der Waals surface area contributed by atoms with E-state index in [1.807, 2.05) is 0 Å². The van der Waals surface area contributed by atoms with Crippen LogP contribution in [0.25, 0.3) is 11.1 Å². The fraction of sp³-hybridized carbons (Fsp3) is 0.222. The molecule has 0 spiro atoms. The molecule has 0 aliphatic heterocycles.